The third kappa shape index (κ3) is 1.01. The fourth-order valence-corrected chi connectivity index (χ4v) is 2.82. The largest absolute Gasteiger partial charge is 0.454 e. The molecule has 0 aliphatic carbocycles. The van der Waals surface area contributed by atoms with Crippen LogP contribution in [0.5, 0.6) is 11.5 Å². The van der Waals surface area contributed by atoms with Crippen LogP contribution in [-0.2, 0) is 5.72 Å². The zero-order valence-corrected chi connectivity index (χ0v) is 9.88. The fourth-order valence-electron chi connectivity index (χ4n) is 2.82. The van der Waals surface area contributed by atoms with Crippen molar-refractivity contribution in [3.05, 3.63) is 42.1 Å². The van der Waals surface area contributed by atoms with E-state index in [0.717, 1.165) is 16.8 Å². The Kier molecular flexibility index (Phi) is 1.67. The summed E-state index contributed by atoms with van der Waals surface area (Å²) >= 11 is 0. The minimum atomic E-state index is -1.11. The summed E-state index contributed by atoms with van der Waals surface area (Å²) < 4.78 is 12.7. The highest BCUT2D eigenvalue weighted by atomic mass is 16.7. The molecule has 4 rings (SSSR count). The Morgan fingerprint density at radius 3 is 3.00 bits per heavy atom. The van der Waals surface area contributed by atoms with E-state index >= 15 is 0 Å². The molecule has 1 aromatic heterocycles. The first kappa shape index (κ1) is 9.91. The van der Waals surface area contributed by atoms with Gasteiger partial charge in [0.25, 0.3) is 5.72 Å². The van der Waals surface area contributed by atoms with Crippen molar-refractivity contribution in [2.75, 3.05) is 6.79 Å². The molecule has 0 fully saturated rings. The summed E-state index contributed by atoms with van der Waals surface area (Å²) in [6, 6.07) is 9.71. The summed E-state index contributed by atoms with van der Waals surface area (Å²) in [6.07, 6.45) is 1.87. The highest BCUT2D eigenvalue weighted by Gasteiger charge is 2.49. The Balaban J connectivity index is 2.11. The number of hydrogen-bond donors (Lipinski definition) is 1. The molecule has 1 atom stereocenters. The van der Waals surface area contributed by atoms with Gasteiger partial charge >= 0.3 is 0 Å². The number of aromatic nitrogens is 1. The molecule has 2 aromatic rings. The second-order valence-corrected chi connectivity index (χ2v) is 4.70. The van der Waals surface area contributed by atoms with Crippen molar-refractivity contribution in [3.8, 4) is 22.8 Å². The molecule has 0 saturated heterocycles. The van der Waals surface area contributed by atoms with Gasteiger partial charge in [0, 0.05) is 19.1 Å². The van der Waals surface area contributed by atoms with E-state index in [4.69, 9.17) is 9.47 Å². The summed E-state index contributed by atoms with van der Waals surface area (Å²) in [5.41, 5.74) is 1.65. The average molecular weight is 242 g/mol. The van der Waals surface area contributed by atoms with Crippen LogP contribution in [0.3, 0.4) is 0 Å². The van der Waals surface area contributed by atoms with E-state index in [1.807, 2.05) is 41.1 Å². The SMILES string of the molecule is CC1(O)c2c(ccc3c2OCO3)-c2cccc[n+]21. The van der Waals surface area contributed by atoms with Crippen molar-refractivity contribution in [3.63, 3.8) is 0 Å². The quantitative estimate of drug-likeness (QED) is 0.710. The van der Waals surface area contributed by atoms with Crippen LogP contribution in [0.1, 0.15) is 12.5 Å². The standard InChI is InChI=1S/C14H12NO3/c1-14(16)12-9(10-4-2-3-7-15(10)14)5-6-11-13(12)18-8-17-11/h2-7,16H,8H2,1H3/q+1. The summed E-state index contributed by atoms with van der Waals surface area (Å²) in [5.74, 6) is 1.35. The normalized spacial score (nSPS) is 22.8. The zero-order valence-electron chi connectivity index (χ0n) is 9.88. The first-order valence-electron chi connectivity index (χ1n) is 5.86. The Labute approximate surface area is 104 Å². The van der Waals surface area contributed by atoms with Crippen molar-refractivity contribution in [1.82, 2.24) is 0 Å². The summed E-state index contributed by atoms with van der Waals surface area (Å²) in [5, 5.41) is 10.8. The monoisotopic (exact) mass is 242 g/mol. The van der Waals surface area contributed by atoms with Gasteiger partial charge in [-0.1, -0.05) is 0 Å². The smallest absolute Gasteiger partial charge is 0.298 e. The van der Waals surface area contributed by atoms with Gasteiger partial charge in [-0.15, -0.1) is 0 Å². The highest BCUT2D eigenvalue weighted by Crippen LogP contribution is 2.47. The number of aliphatic hydroxyl groups is 1. The lowest BCUT2D eigenvalue weighted by Crippen LogP contribution is -2.52. The van der Waals surface area contributed by atoms with Crippen molar-refractivity contribution < 1.29 is 19.1 Å². The predicted octanol–water partition coefficient (Wildman–Crippen LogP) is 1.40. The summed E-state index contributed by atoms with van der Waals surface area (Å²) in [4.78, 5) is 0. The van der Waals surface area contributed by atoms with Gasteiger partial charge in [-0.05, 0) is 18.2 Å². The molecule has 3 heterocycles. The summed E-state index contributed by atoms with van der Waals surface area (Å²) in [6.45, 7) is 1.98. The third-order valence-corrected chi connectivity index (χ3v) is 3.62. The first-order valence-corrected chi connectivity index (χ1v) is 5.86. The van der Waals surface area contributed by atoms with Crippen LogP contribution in [-0.4, -0.2) is 11.9 Å². The molecule has 18 heavy (non-hydrogen) atoms. The van der Waals surface area contributed by atoms with Crippen LogP contribution < -0.4 is 14.0 Å². The lowest BCUT2D eigenvalue weighted by Gasteiger charge is -2.14. The second-order valence-electron chi connectivity index (χ2n) is 4.70. The van der Waals surface area contributed by atoms with E-state index in [2.05, 4.69) is 0 Å². The number of benzene rings is 1. The second kappa shape index (κ2) is 3.03. The minimum Gasteiger partial charge on any atom is -0.454 e. The zero-order chi connectivity index (χ0) is 12.3. The Morgan fingerprint density at radius 1 is 1.22 bits per heavy atom. The van der Waals surface area contributed by atoms with Crippen molar-refractivity contribution in [2.24, 2.45) is 0 Å². The number of fused-ring (bicyclic) bond motifs is 5. The van der Waals surface area contributed by atoms with E-state index in [9.17, 15) is 5.11 Å². The molecule has 2 aliphatic heterocycles. The van der Waals surface area contributed by atoms with E-state index in [0.29, 0.717) is 11.5 Å². The number of ether oxygens (including phenoxy) is 2. The predicted molar refractivity (Wildman–Crippen MR) is 63.2 cm³/mol. The average Bonchev–Trinajstić information content (AvgIpc) is 2.92. The van der Waals surface area contributed by atoms with Crippen molar-refractivity contribution in [1.29, 1.82) is 0 Å². The van der Waals surface area contributed by atoms with Gasteiger partial charge in [0.05, 0.1) is 5.56 Å². The van der Waals surface area contributed by atoms with Gasteiger partial charge in [-0.25, -0.2) is 0 Å². The van der Waals surface area contributed by atoms with Crippen molar-refractivity contribution >= 4 is 0 Å². The maximum Gasteiger partial charge on any atom is 0.298 e. The molecule has 90 valence electrons. The molecule has 0 amide bonds. The molecule has 0 radical (unpaired) electrons. The van der Waals surface area contributed by atoms with Crippen LogP contribution in [0.4, 0.5) is 0 Å². The maximum absolute atomic E-state index is 10.8. The molecule has 1 aromatic carbocycles. The number of rotatable bonds is 0. The molecular weight excluding hydrogens is 230 g/mol. The highest BCUT2D eigenvalue weighted by molar-refractivity contribution is 5.72. The van der Waals surface area contributed by atoms with Crippen molar-refractivity contribution in [2.45, 2.75) is 12.6 Å². The van der Waals surface area contributed by atoms with Gasteiger partial charge in [0.2, 0.25) is 12.5 Å². The number of nitrogens with zero attached hydrogens (tertiary/aromatic N) is 1. The molecule has 0 spiro atoms. The summed E-state index contributed by atoms with van der Waals surface area (Å²) in [7, 11) is 0. The number of hydrogen-bond acceptors (Lipinski definition) is 3. The van der Waals surface area contributed by atoms with Gasteiger partial charge < -0.3 is 14.6 Å². The number of pyridine rings is 1. The van der Waals surface area contributed by atoms with Gasteiger partial charge in [-0.2, -0.15) is 4.57 Å². The fraction of sp³-hybridized carbons (Fsp3) is 0.214. The van der Waals surface area contributed by atoms with Crippen LogP contribution in [0.25, 0.3) is 11.3 Å². The van der Waals surface area contributed by atoms with Crippen LogP contribution >= 0.6 is 0 Å². The van der Waals surface area contributed by atoms with Crippen LogP contribution in [0.2, 0.25) is 0 Å². The molecular formula is C14H12NO3+. The van der Waals surface area contributed by atoms with E-state index < -0.39 is 5.72 Å². The van der Waals surface area contributed by atoms with E-state index in [-0.39, 0.29) is 6.79 Å². The van der Waals surface area contributed by atoms with Gasteiger partial charge in [0.15, 0.2) is 17.7 Å². The topological polar surface area (TPSA) is 42.6 Å². The third-order valence-electron chi connectivity index (χ3n) is 3.62. The molecule has 4 nitrogen and oxygen atoms in total. The minimum absolute atomic E-state index is 0.211. The molecule has 0 bridgehead atoms. The molecule has 4 heteroatoms. The van der Waals surface area contributed by atoms with Crippen LogP contribution in [0.15, 0.2) is 36.5 Å². The Morgan fingerprint density at radius 2 is 2.11 bits per heavy atom. The first-order chi connectivity index (χ1) is 8.69. The molecule has 0 saturated carbocycles. The van der Waals surface area contributed by atoms with Crippen LogP contribution in [0, 0.1) is 0 Å². The lowest BCUT2D eigenvalue weighted by molar-refractivity contribution is -0.776. The van der Waals surface area contributed by atoms with Gasteiger partial charge in [0.1, 0.15) is 5.56 Å². The maximum atomic E-state index is 10.8. The van der Waals surface area contributed by atoms with E-state index in [1.165, 1.54) is 0 Å². The van der Waals surface area contributed by atoms with E-state index in [1.54, 1.807) is 6.92 Å². The lowest BCUT2D eigenvalue weighted by atomic mass is 9.99. The van der Waals surface area contributed by atoms with Gasteiger partial charge in [-0.3, -0.25) is 0 Å². The Hall–Kier alpha value is -2.07. The molecule has 2 aliphatic rings. The molecule has 1 unspecified atom stereocenters. The molecule has 1 N–H and O–H groups in total. The Bertz CT molecular complexity index is 664.